The number of para-hydroxylation sites is 1. The molecule has 20 heavy (non-hydrogen) atoms. The van der Waals surface area contributed by atoms with Crippen molar-refractivity contribution in [3.05, 3.63) is 33.3 Å². The molecule has 0 aliphatic heterocycles. The molecule has 0 amide bonds. The highest BCUT2D eigenvalue weighted by Crippen LogP contribution is 2.34. The van der Waals surface area contributed by atoms with E-state index in [-0.39, 0.29) is 29.1 Å². The maximum Gasteiger partial charge on any atom is 0.312 e. The number of hydrogen-bond acceptors (Lipinski definition) is 5. The Kier molecular flexibility index (Phi) is 6.77. The van der Waals surface area contributed by atoms with E-state index in [1.807, 2.05) is 6.92 Å². The molecule has 0 radical (unpaired) electrons. The average Bonchev–Trinajstić information content (AvgIpc) is 2.43. The minimum atomic E-state index is -0.543. The number of nitro benzene ring substituents is 1. The Morgan fingerprint density at radius 3 is 2.95 bits per heavy atom. The van der Waals surface area contributed by atoms with Crippen LogP contribution in [0.2, 0.25) is 5.02 Å². The Bertz CT molecular complexity index is 502. The molecule has 0 heterocycles. The summed E-state index contributed by atoms with van der Waals surface area (Å²) in [6.07, 6.45) is 1.36. The number of benzene rings is 1. The summed E-state index contributed by atoms with van der Waals surface area (Å²) in [7, 11) is 0. The standard InChI is InChI=1S/C13H16ClN3O3/c1-2-7-16-10(9-15)6-8-20-13-11(14)4-3-5-12(13)17(18)19/h3-5,10,16H,2,6-8H2,1H3. The molecule has 108 valence electrons. The lowest BCUT2D eigenvalue weighted by Gasteiger charge is -2.12. The Morgan fingerprint density at radius 1 is 1.60 bits per heavy atom. The van der Waals surface area contributed by atoms with E-state index in [0.717, 1.165) is 13.0 Å². The molecule has 1 rings (SSSR count). The van der Waals surface area contributed by atoms with Gasteiger partial charge in [0.1, 0.15) is 0 Å². The van der Waals surface area contributed by atoms with E-state index in [0.29, 0.717) is 6.42 Å². The van der Waals surface area contributed by atoms with Gasteiger partial charge in [0.15, 0.2) is 0 Å². The first-order valence-electron chi connectivity index (χ1n) is 6.28. The number of halogens is 1. The molecule has 1 unspecified atom stereocenters. The Morgan fingerprint density at radius 2 is 2.35 bits per heavy atom. The number of nitrogens with zero attached hydrogens (tertiary/aromatic N) is 2. The second-order valence-electron chi connectivity index (χ2n) is 4.12. The maximum atomic E-state index is 10.9. The van der Waals surface area contributed by atoms with Crippen molar-refractivity contribution in [1.29, 1.82) is 5.26 Å². The van der Waals surface area contributed by atoms with Gasteiger partial charge in [-0.2, -0.15) is 5.26 Å². The van der Waals surface area contributed by atoms with Crippen LogP contribution in [0.25, 0.3) is 0 Å². The van der Waals surface area contributed by atoms with Crippen molar-refractivity contribution in [3.63, 3.8) is 0 Å². The summed E-state index contributed by atoms with van der Waals surface area (Å²) < 4.78 is 5.38. The van der Waals surface area contributed by atoms with E-state index in [1.165, 1.54) is 18.2 Å². The smallest absolute Gasteiger partial charge is 0.312 e. The van der Waals surface area contributed by atoms with Gasteiger partial charge in [0, 0.05) is 12.5 Å². The lowest BCUT2D eigenvalue weighted by Crippen LogP contribution is -2.29. The minimum Gasteiger partial charge on any atom is -0.486 e. The van der Waals surface area contributed by atoms with Crippen LogP contribution in [0, 0.1) is 21.4 Å². The van der Waals surface area contributed by atoms with Crippen LogP contribution in [0.3, 0.4) is 0 Å². The van der Waals surface area contributed by atoms with Crippen molar-refractivity contribution in [2.75, 3.05) is 13.2 Å². The summed E-state index contributed by atoms with van der Waals surface area (Å²) in [6, 6.07) is 6.14. The first-order chi connectivity index (χ1) is 9.60. The number of nitriles is 1. The van der Waals surface area contributed by atoms with Crippen LogP contribution >= 0.6 is 11.6 Å². The van der Waals surface area contributed by atoms with Crippen molar-refractivity contribution in [3.8, 4) is 11.8 Å². The first kappa shape index (κ1) is 16.2. The minimum absolute atomic E-state index is 0.0475. The molecule has 1 atom stereocenters. The molecule has 7 heteroatoms. The van der Waals surface area contributed by atoms with E-state index in [2.05, 4.69) is 11.4 Å². The molecule has 1 N–H and O–H groups in total. The Balaban J connectivity index is 2.62. The molecule has 0 fully saturated rings. The maximum absolute atomic E-state index is 10.9. The molecule has 6 nitrogen and oxygen atoms in total. The third-order valence-electron chi connectivity index (χ3n) is 2.59. The zero-order chi connectivity index (χ0) is 15.0. The van der Waals surface area contributed by atoms with Gasteiger partial charge < -0.3 is 10.1 Å². The van der Waals surface area contributed by atoms with Crippen molar-refractivity contribution >= 4 is 17.3 Å². The number of ether oxygens (including phenoxy) is 1. The SMILES string of the molecule is CCCNC(C#N)CCOc1c(Cl)cccc1[N+](=O)[O-]. The summed E-state index contributed by atoms with van der Waals surface area (Å²) in [6.45, 7) is 2.93. The van der Waals surface area contributed by atoms with Crippen LogP contribution in [-0.4, -0.2) is 24.1 Å². The predicted molar refractivity (Wildman–Crippen MR) is 75.9 cm³/mol. The summed E-state index contributed by atoms with van der Waals surface area (Å²) in [4.78, 5) is 10.3. The van der Waals surface area contributed by atoms with Gasteiger partial charge in [-0.25, -0.2) is 0 Å². The highest BCUT2D eigenvalue weighted by Gasteiger charge is 2.18. The summed E-state index contributed by atoms with van der Waals surface area (Å²) in [5.41, 5.74) is -0.174. The number of rotatable bonds is 8. The Labute approximate surface area is 122 Å². The van der Waals surface area contributed by atoms with Gasteiger partial charge >= 0.3 is 5.69 Å². The zero-order valence-corrected chi connectivity index (χ0v) is 11.9. The molecular weight excluding hydrogens is 282 g/mol. The molecule has 0 saturated carbocycles. The Hall–Kier alpha value is -1.84. The lowest BCUT2D eigenvalue weighted by molar-refractivity contribution is -0.385. The predicted octanol–water partition coefficient (Wildman–Crippen LogP) is 2.91. The first-order valence-corrected chi connectivity index (χ1v) is 6.66. The topological polar surface area (TPSA) is 88.2 Å². The fraction of sp³-hybridized carbons (Fsp3) is 0.462. The number of nitrogens with one attached hydrogen (secondary N) is 1. The van der Waals surface area contributed by atoms with Gasteiger partial charge in [-0.1, -0.05) is 24.6 Å². The monoisotopic (exact) mass is 297 g/mol. The third-order valence-corrected chi connectivity index (χ3v) is 2.89. The van der Waals surface area contributed by atoms with E-state index in [9.17, 15) is 10.1 Å². The van der Waals surface area contributed by atoms with E-state index in [4.69, 9.17) is 21.6 Å². The van der Waals surface area contributed by atoms with Crippen molar-refractivity contribution in [2.45, 2.75) is 25.8 Å². The lowest BCUT2D eigenvalue weighted by atomic mass is 10.2. The van der Waals surface area contributed by atoms with Crippen LogP contribution in [0.4, 0.5) is 5.69 Å². The highest BCUT2D eigenvalue weighted by atomic mass is 35.5. The van der Waals surface area contributed by atoms with E-state index in [1.54, 1.807) is 0 Å². The summed E-state index contributed by atoms with van der Waals surface area (Å²) >= 11 is 5.90. The third kappa shape index (κ3) is 4.68. The second-order valence-corrected chi connectivity index (χ2v) is 4.53. The van der Waals surface area contributed by atoms with Gasteiger partial charge in [0.2, 0.25) is 5.75 Å². The van der Waals surface area contributed by atoms with E-state index < -0.39 is 4.92 Å². The largest absolute Gasteiger partial charge is 0.486 e. The summed E-state index contributed by atoms with van der Waals surface area (Å²) in [5, 5.41) is 23.1. The molecule has 1 aromatic carbocycles. The van der Waals surface area contributed by atoms with Crippen LogP contribution in [0.15, 0.2) is 18.2 Å². The van der Waals surface area contributed by atoms with E-state index >= 15 is 0 Å². The van der Waals surface area contributed by atoms with Gasteiger partial charge in [0.05, 0.1) is 28.7 Å². The quantitative estimate of drug-likeness (QED) is 0.588. The van der Waals surface area contributed by atoms with Gasteiger partial charge in [-0.3, -0.25) is 10.1 Å². The summed E-state index contributed by atoms with van der Waals surface area (Å²) in [5.74, 6) is 0.0475. The molecule has 0 saturated heterocycles. The van der Waals surface area contributed by atoms with Gasteiger partial charge in [0.25, 0.3) is 0 Å². The second kappa shape index (κ2) is 8.35. The molecular formula is C13H16ClN3O3. The average molecular weight is 298 g/mol. The molecule has 1 aromatic rings. The van der Waals surface area contributed by atoms with Crippen LogP contribution in [0.1, 0.15) is 19.8 Å². The fourth-order valence-corrected chi connectivity index (χ4v) is 1.82. The van der Waals surface area contributed by atoms with Crippen molar-refractivity contribution in [2.24, 2.45) is 0 Å². The van der Waals surface area contributed by atoms with Crippen LogP contribution in [0.5, 0.6) is 5.75 Å². The normalized spacial score (nSPS) is 11.7. The van der Waals surface area contributed by atoms with Gasteiger partial charge in [-0.05, 0) is 19.0 Å². The van der Waals surface area contributed by atoms with Crippen LogP contribution in [-0.2, 0) is 0 Å². The number of hydrogen-bond donors (Lipinski definition) is 1. The molecule has 0 spiro atoms. The molecule has 0 aliphatic rings. The highest BCUT2D eigenvalue weighted by molar-refractivity contribution is 6.32. The van der Waals surface area contributed by atoms with Crippen molar-refractivity contribution < 1.29 is 9.66 Å². The zero-order valence-electron chi connectivity index (χ0n) is 11.1. The molecule has 0 aromatic heterocycles. The van der Waals surface area contributed by atoms with Crippen LogP contribution < -0.4 is 10.1 Å². The van der Waals surface area contributed by atoms with Gasteiger partial charge in [-0.15, -0.1) is 0 Å². The fourth-order valence-electron chi connectivity index (χ4n) is 1.59. The molecule has 0 bridgehead atoms. The number of nitro groups is 1. The molecule has 0 aliphatic carbocycles. The van der Waals surface area contributed by atoms with Crippen molar-refractivity contribution in [1.82, 2.24) is 5.32 Å².